The van der Waals surface area contributed by atoms with Crippen molar-refractivity contribution >= 4 is 0 Å². The largest absolute Gasteiger partial charge is 0.393 e. The molecule has 0 bridgehead atoms. The highest BCUT2D eigenvalue weighted by Crippen LogP contribution is 2.33. The molecule has 1 rings (SSSR count). The first-order chi connectivity index (χ1) is 7.56. The van der Waals surface area contributed by atoms with E-state index in [1.807, 2.05) is 0 Å². The third kappa shape index (κ3) is 3.72. The van der Waals surface area contributed by atoms with Gasteiger partial charge in [0.15, 0.2) is 0 Å². The molecule has 1 fully saturated rings. The predicted molar refractivity (Wildman–Crippen MR) is 66.5 cm³/mol. The number of methoxy groups -OCH3 is 1. The second-order valence-corrected chi connectivity index (χ2v) is 5.42. The molecule has 3 nitrogen and oxygen atoms in total. The van der Waals surface area contributed by atoms with Crippen LogP contribution in [0.2, 0.25) is 0 Å². The molecule has 1 N–H and O–H groups in total. The van der Waals surface area contributed by atoms with Crippen molar-refractivity contribution in [2.24, 2.45) is 11.8 Å². The average Bonchev–Trinajstić information content (AvgIpc) is 2.25. The zero-order valence-electron chi connectivity index (χ0n) is 11.1. The monoisotopic (exact) mass is 229 g/mol. The van der Waals surface area contributed by atoms with Crippen molar-refractivity contribution in [3.05, 3.63) is 0 Å². The fourth-order valence-corrected chi connectivity index (χ4v) is 2.83. The van der Waals surface area contributed by atoms with E-state index < -0.39 is 0 Å². The van der Waals surface area contributed by atoms with Gasteiger partial charge in [-0.1, -0.05) is 13.8 Å². The topological polar surface area (TPSA) is 32.7 Å². The summed E-state index contributed by atoms with van der Waals surface area (Å²) >= 11 is 0. The maximum absolute atomic E-state index is 9.80. The van der Waals surface area contributed by atoms with E-state index in [-0.39, 0.29) is 6.10 Å². The van der Waals surface area contributed by atoms with Crippen LogP contribution >= 0.6 is 0 Å². The summed E-state index contributed by atoms with van der Waals surface area (Å²) in [6.45, 7) is 6.31. The van der Waals surface area contributed by atoms with Crippen molar-refractivity contribution in [1.29, 1.82) is 0 Å². The number of aliphatic hydroxyl groups excluding tert-OH is 1. The Kier molecular flexibility index (Phi) is 5.73. The molecular formula is C13H27NO2. The first-order valence-corrected chi connectivity index (χ1v) is 6.43. The molecule has 1 saturated carbocycles. The van der Waals surface area contributed by atoms with E-state index in [0.717, 1.165) is 32.4 Å². The maximum Gasteiger partial charge on any atom is 0.0589 e. The van der Waals surface area contributed by atoms with Crippen LogP contribution in [0.25, 0.3) is 0 Å². The van der Waals surface area contributed by atoms with Crippen molar-refractivity contribution in [3.8, 4) is 0 Å². The van der Waals surface area contributed by atoms with E-state index in [1.165, 1.54) is 0 Å². The molecule has 3 unspecified atom stereocenters. The van der Waals surface area contributed by atoms with Crippen LogP contribution in [0.4, 0.5) is 0 Å². The van der Waals surface area contributed by atoms with Gasteiger partial charge in [0.25, 0.3) is 0 Å². The molecular weight excluding hydrogens is 202 g/mol. The van der Waals surface area contributed by atoms with Gasteiger partial charge >= 0.3 is 0 Å². The van der Waals surface area contributed by atoms with Crippen LogP contribution in [0.1, 0.15) is 33.1 Å². The van der Waals surface area contributed by atoms with Crippen molar-refractivity contribution in [3.63, 3.8) is 0 Å². The second-order valence-electron chi connectivity index (χ2n) is 5.42. The van der Waals surface area contributed by atoms with E-state index in [9.17, 15) is 5.11 Å². The molecule has 0 saturated heterocycles. The minimum absolute atomic E-state index is 0.106. The van der Waals surface area contributed by atoms with Crippen molar-refractivity contribution in [2.45, 2.75) is 45.3 Å². The third-order valence-electron chi connectivity index (χ3n) is 3.91. The summed E-state index contributed by atoms with van der Waals surface area (Å²) < 4.78 is 5.12. The van der Waals surface area contributed by atoms with Crippen molar-refractivity contribution < 1.29 is 9.84 Å². The van der Waals surface area contributed by atoms with Crippen LogP contribution in [0.5, 0.6) is 0 Å². The summed E-state index contributed by atoms with van der Waals surface area (Å²) in [6, 6.07) is 0.513. The number of hydrogen-bond donors (Lipinski definition) is 1. The molecule has 0 spiro atoms. The normalized spacial score (nSPS) is 31.3. The van der Waals surface area contributed by atoms with Gasteiger partial charge in [0.2, 0.25) is 0 Å². The first-order valence-electron chi connectivity index (χ1n) is 6.43. The smallest absolute Gasteiger partial charge is 0.0589 e. The maximum atomic E-state index is 9.80. The number of hydrogen-bond acceptors (Lipinski definition) is 3. The van der Waals surface area contributed by atoms with Gasteiger partial charge in [0.05, 0.1) is 12.7 Å². The van der Waals surface area contributed by atoms with E-state index >= 15 is 0 Å². The van der Waals surface area contributed by atoms with Gasteiger partial charge in [-0.15, -0.1) is 0 Å². The Bertz CT molecular complexity index is 196. The van der Waals surface area contributed by atoms with Crippen LogP contribution in [-0.2, 0) is 4.74 Å². The van der Waals surface area contributed by atoms with Crippen LogP contribution in [-0.4, -0.2) is 49.5 Å². The van der Waals surface area contributed by atoms with Gasteiger partial charge in [0, 0.05) is 19.7 Å². The second kappa shape index (κ2) is 6.58. The molecule has 0 radical (unpaired) electrons. The quantitative estimate of drug-likeness (QED) is 0.779. The van der Waals surface area contributed by atoms with Crippen molar-refractivity contribution in [1.82, 2.24) is 4.90 Å². The van der Waals surface area contributed by atoms with E-state index in [2.05, 4.69) is 25.8 Å². The predicted octanol–water partition coefficient (Wildman–Crippen LogP) is 1.75. The van der Waals surface area contributed by atoms with Gasteiger partial charge in [0.1, 0.15) is 0 Å². The summed E-state index contributed by atoms with van der Waals surface area (Å²) in [4.78, 5) is 2.36. The Labute approximate surface area is 99.8 Å². The molecule has 96 valence electrons. The molecule has 0 aromatic heterocycles. The molecule has 0 amide bonds. The van der Waals surface area contributed by atoms with Gasteiger partial charge in [-0.05, 0) is 38.1 Å². The average molecular weight is 229 g/mol. The first kappa shape index (κ1) is 13.9. The molecule has 16 heavy (non-hydrogen) atoms. The van der Waals surface area contributed by atoms with Gasteiger partial charge in [-0.3, -0.25) is 0 Å². The minimum Gasteiger partial charge on any atom is -0.393 e. The minimum atomic E-state index is -0.106. The van der Waals surface area contributed by atoms with Crippen LogP contribution in [0.3, 0.4) is 0 Å². The molecule has 3 heteroatoms. The Morgan fingerprint density at radius 2 is 2.06 bits per heavy atom. The fraction of sp³-hybridized carbons (Fsp3) is 1.00. The number of aliphatic hydroxyl groups is 1. The Balaban J connectivity index is 2.56. The number of rotatable bonds is 5. The lowest BCUT2D eigenvalue weighted by molar-refractivity contribution is 0.0138. The van der Waals surface area contributed by atoms with E-state index in [0.29, 0.717) is 17.9 Å². The zero-order chi connectivity index (χ0) is 12.1. The number of ether oxygens (including phenoxy) is 1. The highest BCUT2D eigenvalue weighted by molar-refractivity contribution is 4.87. The summed E-state index contributed by atoms with van der Waals surface area (Å²) in [5.74, 6) is 1.41. The molecule has 1 aliphatic carbocycles. The molecule has 3 atom stereocenters. The van der Waals surface area contributed by atoms with E-state index in [4.69, 9.17) is 4.74 Å². The summed E-state index contributed by atoms with van der Waals surface area (Å²) in [6.07, 6.45) is 2.94. The molecule has 1 aliphatic rings. The van der Waals surface area contributed by atoms with Crippen LogP contribution in [0, 0.1) is 11.8 Å². The third-order valence-corrected chi connectivity index (χ3v) is 3.91. The fourth-order valence-electron chi connectivity index (χ4n) is 2.83. The Morgan fingerprint density at radius 3 is 2.62 bits per heavy atom. The summed E-state index contributed by atoms with van der Waals surface area (Å²) in [5.41, 5.74) is 0. The Hall–Kier alpha value is -0.120. The summed E-state index contributed by atoms with van der Waals surface area (Å²) in [5, 5.41) is 9.80. The van der Waals surface area contributed by atoms with Gasteiger partial charge in [-0.2, -0.15) is 0 Å². The van der Waals surface area contributed by atoms with Crippen LogP contribution in [0.15, 0.2) is 0 Å². The van der Waals surface area contributed by atoms with Crippen molar-refractivity contribution in [2.75, 3.05) is 27.3 Å². The zero-order valence-corrected chi connectivity index (χ0v) is 11.1. The lowest BCUT2D eigenvalue weighted by atomic mass is 9.76. The lowest BCUT2D eigenvalue weighted by Crippen LogP contribution is -2.46. The highest BCUT2D eigenvalue weighted by Gasteiger charge is 2.33. The molecule has 0 heterocycles. The highest BCUT2D eigenvalue weighted by atomic mass is 16.5. The Morgan fingerprint density at radius 1 is 1.38 bits per heavy atom. The van der Waals surface area contributed by atoms with Gasteiger partial charge in [-0.25, -0.2) is 0 Å². The van der Waals surface area contributed by atoms with Gasteiger partial charge < -0.3 is 14.7 Å². The van der Waals surface area contributed by atoms with Crippen LogP contribution < -0.4 is 0 Å². The van der Waals surface area contributed by atoms with E-state index in [1.54, 1.807) is 7.11 Å². The molecule has 0 aliphatic heterocycles. The standard InChI is InChI=1S/C13H27NO2/c1-10(2)12-6-5-11(15)9-13(12)14(3)7-8-16-4/h10-13,15H,5-9H2,1-4H3. The number of likely N-dealkylation sites (N-methyl/N-ethyl adjacent to an activating group) is 1. The number of nitrogens with zero attached hydrogens (tertiary/aromatic N) is 1. The SMILES string of the molecule is COCCN(C)C1CC(O)CCC1C(C)C. The summed E-state index contributed by atoms with van der Waals surface area (Å²) in [7, 11) is 3.89. The molecule has 0 aromatic carbocycles. The molecule has 0 aromatic rings. The lowest BCUT2D eigenvalue weighted by Gasteiger charge is -2.41.